The van der Waals surface area contributed by atoms with Crippen LogP contribution in [-0.2, 0) is 19.1 Å². The number of hydrogen-bond acceptors (Lipinski definition) is 4. The predicted molar refractivity (Wildman–Crippen MR) is 53.8 cm³/mol. The highest BCUT2D eigenvalue weighted by Gasteiger charge is 2.79. The highest BCUT2D eigenvalue weighted by molar-refractivity contribution is 5.82. The summed E-state index contributed by atoms with van der Waals surface area (Å²) in [5, 5.41) is 0. The molecule has 0 bridgehead atoms. The van der Waals surface area contributed by atoms with Gasteiger partial charge in [-0.2, -0.15) is 57.1 Å². The lowest BCUT2D eigenvalue weighted by atomic mass is 10.1. The normalized spacial score (nSPS) is 14.6. The van der Waals surface area contributed by atoms with E-state index in [0.29, 0.717) is 0 Å². The number of rotatable bonds is 6. The second kappa shape index (κ2) is 7.41. The topological polar surface area (TPSA) is 52.6 Å². The maximum absolute atomic E-state index is 13.1. The molecule has 0 N–H and O–H groups in total. The van der Waals surface area contributed by atoms with E-state index in [4.69, 9.17) is 0 Å². The minimum Gasteiger partial charge on any atom is -0.459 e. The molecule has 0 fully saturated rings. The molecule has 0 heterocycles. The molecule has 28 heavy (non-hydrogen) atoms. The Morgan fingerprint density at radius 3 is 1.14 bits per heavy atom. The van der Waals surface area contributed by atoms with Crippen LogP contribution >= 0.6 is 0 Å². The lowest BCUT2D eigenvalue weighted by molar-refractivity contribution is -0.348. The monoisotopic (exact) mass is 454 g/mol. The van der Waals surface area contributed by atoms with E-state index in [-0.39, 0.29) is 0 Å². The number of ether oxygens (including phenoxy) is 2. The van der Waals surface area contributed by atoms with Crippen molar-refractivity contribution in [2.24, 2.45) is 0 Å². The third kappa shape index (κ3) is 4.50. The summed E-state index contributed by atoms with van der Waals surface area (Å²) in [6, 6.07) is 0. The molecule has 0 aliphatic carbocycles. The first kappa shape index (κ1) is 26.0. The molecule has 0 aromatic carbocycles. The van der Waals surface area contributed by atoms with Gasteiger partial charge in [0.05, 0.1) is 0 Å². The van der Waals surface area contributed by atoms with Gasteiger partial charge in [-0.1, -0.05) is 0 Å². The Balaban J connectivity index is 5.05. The van der Waals surface area contributed by atoms with Crippen molar-refractivity contribution in [3.05, 3.63) is 0 Å². The molecule has 0 unspecified atom stereocenters. The van der Waals surface area contributed by atoms with Crippen LogP contribution in [0.2, 0.25) is 0 Å². The third-order valence-corrected chi connectivity index (χ3v) is 2.62. The van der Waals surface area contributed by atoms with E-state index in [1.807, 2.05) is 0 Å². The van der Waals surface area contributed by atoms with E-state index < -0.39 is 61.2 Å². The summed E-state index contributed by atoms with van der Waals surface area (Å²) in [7, 11) is 0. The van der Waals surface area contributed by atoms with Gasteiger partial charge in [-0.3, -0.25) is 0 Å². The van der Waals surface area contributed by atoms with Crippen LogP contribution in [0, 0.1) is 0 Å². The van der Waals surface area contributed by atoms with E-state index in [1.54, 1.807) is 0 Å². The molecule has 0 atom stereocenters. The van der Waals surface area contributed by atoms with Crippen LogP contribution in [-0.4, -0.2) is 61.2 Å². The average molecular weight is 454 g/mol. The fourth-order valence-corrected chi connectivity index (χ4v) is 1.16. The van der Waals surface area contributed by atoms with Gasteiger partial charge >= 0.3 is 48.0 Å². The summed E-state index contributed by atoms with van der Waals surface area (Å²) >= 11 is 0. The van der Waals surface area contributed by atoms with E-state index >= 15 is 0 Å². The lowest BCUT2D eigenvalue weighted by Gasteiger charge is -2.28. The zero-order valence-corrected chi connectivity index (χ0v) is 12.3. The van der Waals surface area contributed by atoms with Crippen LogP contribution in [0.5, 0.6) is 0 Å². The van der Waals surface area contributed by atoms with Gasteiger partial charge in [0.25, 0.3) is 0 Å². The Labute approximate surface area is 143 Å². The highest BCUT2D eigenvalue weighted by Crippen LogP contribution is 2.48. The molecule has 0 aromatic heterocycles. The van der Waals surface area contributed by atoms with E-state index in [1.165, 1.54) is 0 Å². The Hall–Kier alpha value is -2.04. The van der Waals surface area contributed by atoms with Gasteiger partial charge < -0.3 is 9.47 Å². The Morgan fingerprint density at radius 2 is 0.857 bits per heavy atom. The molecule has 0 aliphatic heterocycles. The molecular weight excluding hydrogens is 450 g/mol. The third-order valence-electron chi connectivity index (χ3n) is 2.62. The summed E-state index contributed by atoms with van der Waals surface area (Å²) in [5.74, 6) is -20.8. The lowest BCUT2D eigenvalue weighted by Crippen LogP contribution is -2.59. The quantitative estimate of drug-likeness (QED) is 0.349. The molecule has 0 aliphatic rings. The second-order valence-corrected chi connectivity index (χ2v) is 4.57. The first-order chi connectivity index (χ1) is 12.0. The minimum absolute atomic E-state index is 2.01. The zero-order chi connectivity index (χ0) is 23.0. The van der Waals surface area contributed by atoms with Crippen molar-refractivity contribution < 1.29 is 80.5 Å². The first-order valence-corrected chi connectivity index (χ1v) is 6.04. The van der Waals surface area contributed by atoms with Crippen LogP contribution in [0.15, 0.2) is 0 Å². The second-order valence-electron chi connectivity index (χ2n) is 4.57. The smallest absolute Gasteiger partial charge is 0.459 e. The molecule has 18 heteroatoms. The largest absolute Gasteiger partial charge is 0.460 e. The molecule has 0 saturated carbocycles. The molecule has 166 valence electrons. The van der Waals surface area contributed by atoms with E-state index in [2.05, 4.69) is 9.47 Å². The molecule has 4 nitrogen and oxygen atoms in total. The van der Waals surface area contributed by atoms with Crippen molar-refractivity contribution in [2.75, 3.05) is 13.2 Å². The van der Waals surface area contributed by atoms with Gasteiger partial charge in [-0.15, -0.1) is 0 Å². The van der Waals surface area contributed by atoms with Crippen molar-refractivity contribution in [3.8, 4) is 0 Å². The number of carbonyl (C=O) groups excluding carboxylic acids is 2. The first-order valence-electron chi connectivity index (χ1n) is 6.04. The fraction of sp³-hybridized carbons (Fsp3) is 0.800. The molecule has 0 saturated heterocycles. The minimum atomic E-state index is -6.96. The summed E-state index contributed by atoms with van der Waals surface area (Å²) in [6.07, 6.45) is -20.8. The van der Waals surface area contributed by atoms with Crippen molar-refractivity contribution in [2.45, 2.75) is 36.0 Å². The van der Waals surface area contributed by atoms with Crippen molar-refractivity contribution in [1.82, 2.24) is 0 Å². The number of alkyl halides is 14. The van der Waals surface area contributed by atoms with E-state index in [0.717, 1.165) is 0 Å². The molecule has 0 amide bonds. The summed E-state index contributed by atoms with van der Waals surface area (Å²) in [6.45, 7) is -4.05. The van der Waals surface area contributed by atoms with Crippen LogP contribution in [0.1, 0.15) is 0 Å². The molecule has 0 rings (SSSR count). The van der Waals surface area contributed by atoms with Crippen molar-refractivity contribution in [3.63, 3.8) is 0 Å². The fourth-order valence-electron chi connectivity index (χ4n) is 1.16. The Morgan fingerprint density at radius 1 is 0.536 bits per heavy atom. The van der Waals surface area contributed by atoms with Crippen molar-refractivity contribution in [1.29, 1.82) is 0 Å². The van der Waals surface area contributed by atoms with Gasteiger partial charge in [-0.05, 0) is 0 Å². The summed E-state index contributed by atoms with van der Waals surface area (Å²) in [5.41, 5.74) is -6.59. The van der Waals surface area contributed by atoms with Crippen LogP contribution in [0.4, 0.5) is 61.5 Å². The van der Waals surface area contributed by atoms with Gasteiger partial charge in [0.1, 0.15) is 13.2 Å². The number of esters is 2. The molecule has 0 aromatic rings. The maximum atomic E-state index is 13.1. The molecule has 0 spiro atoms. The maximum Gasteiger partial charge on any atom is 0.460 e. The molecule has 0 radical (unpaired) electrons. The average Bonchev–Trinajstić information content (AvgIpc) is 2.46. The van der Waals surface area contributed by atoms with Crippen molar-refractivity contribution >= 4 is 11.9 Å². The van der Waals surface area contributed by atoms with Gasteiger partial charge in [0.2, 0.25) is 0 Å². The summed E-state index contributed by atoms with van der Waals surface area (Å²) in [4.78, 5) is 21.3. The van der Waals surface area contributed by atoms with Gasteiger partial charge in [0.15, 0.2) is 0 Å². The predicted octanol–water partition coefficient (Wildman–Crippen LogP) is 3.74. The van der Waals surface area contributed by atoms with Crippen LogP contribution in [0.25, 0.3) is 0 Å². The van der Waals surface area contributed by atoms with Gasteiger partial charge in [0, 0.05) is 0 Å². The Bertz CT molecular complexity index is 572. The molecular formula is C10H4F14O4. The van der Waals surface area contributed by atoms with E-state index in [9.17, 15) is 71.1 Å². The van der Waals surface area contributed by atoms with Crippen LogP contribution < -0.4 is 0 Å². The summed E-state index contributed by atoms with van der Waals surface area (Å²) < 4.78 is 178. The zero-order valence-electron chi connectivity index (χ0n) is 12.3. The highest BCUT2D eigenvalue weighted by atomic mass is 19.4. The van der Waals surface area contributed by atoms with Crippen LogP contribution in [0.3, 0.4) is 0 Å². The number of hydrogen-bond donors (Lipinski definition) is 0. The number of carbonyl (C=O) groups is 2. The SMILES string of the molecule is O=C(OCCOC(=O)C(F)(C(F)(F)F)C(F)(F)F)C(F)(F)C(F)(F)C(F)(F)F. The van der Waals surface area contributed by atoms with Gasteiger partial charge in [-0.25, -0.2) is 14.0 Å². The standard InChI is InChI=1S/C10H4F14O4/c11-5(8(16,17)18,9(19,20)21)3(25)27-1-2-28-4(26)6(12,13)7(14,15)10(22,23)24/h1-2H2. The number of halogens is 14. The Kier molecular flexibility index (Phi) is 6.87.